The molecule has 21 heavy (non-hydrogen) atoms. The largest absolute Gasteiger partial charge is 0.397 e. The number of carbonyl (C=O) groups is 2. The molecule has 3 rings (SSSR count). The summed E-state index contributed by atoms with van der Waals surface area (Å²) in [5.41, 5.74) is 5.62. The monoisotopic (exact) mass is 308 g/mol. The van der Waals surface area contributed by atoms with Gasteiger partial charge in [0.1, 0.15) is 0 Å². The Morgan fingerprint density at radius 1 is 0.952 bits per heavy atom. The predicted molar refractivity (Wildman–Crippen MR) is 73.4 cm³/mol. The summed E-state index contributed by atoms with van der Waals surface area (Å²) in [6.45, 7) is 0. The highest BCUT2D eigenvalue weighted by molar-refractivity contribution is 6.35. The molecule has 7 heteroatoms. The minimum atomic E-state index is -1.19. The van der Waals surface area contributed by atoms with E-state index in [1.165, 1.54) is 18.2 Å². The number of hydrogen-bond acceptors (Lipinski definition) is 3. The van der Waals surface area contributed by atoms with E-state index in [2.05, 4.69) is 0 Å². The number of nitrogens with zero attached hydrogens (tertiary/aromatic N) is 1. The maximum Gasteiger partial charge on any atom is 0.266 e. The Bertz CT molecular complexity index is 767. The van der Waals surface area contributed by atoms with Crippen LogP contribution in [0.3, 0.4) is 0 Å². The molecule has 2 aromatic carbocycles. The molecule has 0 saturated heterocycles. The van der Waals surface area contributed by atoms with Crippen LogP contribution < -0.4 is 10.6 Å². The fourth-order valence-electron chi connectivity index (χ4n) is 2.14. The first-order chi connectivity index (χ1) is 9.90. The lowest BCUT2D eigenvalue weighted by Gasteiger charge is -2.14. The highest BCUT2D eigenvalue weighted by Gasteiger charge is 2.38. The second kappa shape index (κ2) is 4.53. The van der Waals surface area contributed by atoms with Gasteiger partial charge in [0.05, 0.1) is 27.5 Å². The summed E-state index contributed by atoms with van der Waals surface area (Å²) in [5.74, 6) is -3.86. The molecular weight excluding hydrogens is 302 g/mol. The van der Waals surface area contributed by atoms with E-state index >= 15 is 0 Å². The molecule has 0 spiro atoms. The summed E-state index contributed by atoms with van der Waals surface area (Å²) >= 11 is 5.78. The van der Waals surface area contributed by atoms with E-state index in [0.29, 0.717) is 12.1 Å². The van der Waals surface area contributed by atoms with Crippen molar-refractivity contribution >= 4 is 34.8 Å². The van der Waals surface area contributed by atoms with Crippen LogP contribution >= 0.6 is 11.6 Å². The van der Waals surface area contributed by atoms with E-state index in [0.717, 1.165) is 4.90 Å². The minimum absolute atomic E-state index is 0.183. The molecule has 106 valence electrons. The van der Waals surface area contributed by atoms with Crippen molar-refractivity contribution in [1.29, 1.82) is 0 Å². The first-order valence-electron chi connectivity index (χ1n) is 5.83. The summed E-state index contributed by atoms with van der Waals surface area (Å²) in [5, 5.41) is 0.271. The Kier molecular flexibility index (Phi) is 2.91. The first-order valence-corrected chi connectivity index (χ1v) is 6.21. The number of hydrogen-bond donors (Lipinski definition) is 1. The molecule has 0 fully saturated rings. The van der Waals surface area contributed by atoms with Gasteiger partial charge in [0.15, 0.2) is 11.6 Å². The van der Waals surface area contributed by atoms with Crippen molar-refractivity contribution in [2.75, 3.05) is 10.6 Å². The van der Waals surface area contributed by atoms with E-state index in [1.54, 1.807) is 0 Å². The molecule has 0 radical (unpaired) electrons. The van der Waals surface area contributed by atoms with Gasteiger partial charge in [-0.15, -0.1) is 0 Å². The van der Waals surface area contributed by atoms with Gasteiger partial charge in [0.25, 0.3) is 11.8 Å². The Morgan fingerprint density at radius 3 is 1.95 bits per heavy atom. The Labute approximate surface area is 122 Å². The number of rotatable bonds is 1. The van der Waals surface area contributed by atoms with Gasteiger partial charge in [0.2, 0.25) is 0 Å². The maximum absolute atomic E-state index is 13.2. The van der Waals surface area contributed by atoms with Crippen molar-refractivity contribution in [2.24, 2.45) is 0 Å². The van der Waals surface area contributed by atoms with Gasteiger partial charge in [-0.25, -0.2) is 13.7 Å². The van der Waals surface area contributed by atoms with Crippen LogP contribution in [-0.4, -0.2) is 11.8 Å². The summed E-state index contributed by atoms with van der Waals surface area (Å²) in [7, 11) is 0. The average molecular weight is 309 g/mol. The first kappa shape index (κ1) is 13.5. The number of benzene rings is 2. The summed E-state index contributed by atoms with van der Waals surface area (Å²) in [4.78, 5) is 25.2. The fraction of sp³-hybridized carbons (Fsp3) is 0. The van der Waals surface area contributed by atoms with E-state index in [9.17, 15) is 18.4 Å². The van der Waals surface area contributed by atoms with Crippen LogP contribution in [-0.2, 0) is 0 Å². The van der Waals surface area contributed by atoms with Gasteiger partial charge in [0, 0.05) is 0 Å². The van der Waals surface area contributed by atoms with Crippen LogP contribution in [0.2, 0.25) is 5.02 Å². The molecule has 0 aliphatic carbocycles. The normalized spacial score (nSPS) is 13.8. The highest BCUT2D eigenvalue weighted by atomic mass is 35.5. The molecule has 0 aromatic heterocycles. The van der Waals surface area contributed by atoms with E-state index < -0.39 is 23.4 Å². The summed E-state index contributed by atoms with van der Waals surface area (Å²) < 4.78 is 26.5. The Hall–Kier alpha value is -2.47. The standard InChI is InChI=1S/C14H7ClF2N2O2/c15-9-2-1-6(3-12(9)18)19-13(20)7-4-10(16)11(17)5-8(7)14(19)21/h1-5H,18H2. The lowest BCUT2D eigenvalue weighted by Crippen LogP contribution is -2.29. The number of fused-ring (bicyclic) bond motifs is 1. The smallest absolute Gasteiger partial charge is 0.266 e. The highest BCUT2D eigenvalue weighted by Crippen LogP contribution is 2.32. The molecule has 0 saturated carbocycles. The lowest BCUT2D eigenvalue weighted by molar-refractivity contribution is 0.0926. The second-order valence-corrected chi connectivity index (χ2v) is 4.87. The molecular formula is C14H7ClF2N2O2. The zero-order valence-corrected chi connectivity index (χ0v) is 11.1. The minimum Gasteiger partial charge on any atom is -0.397 e. The Morgan fingerprint density at radius 2 is 1.48 bits per heavy atom. The molecule has 0 unspecified atom stereocenters. The van der Waals surface area contributed by atoms with Crippen LogP contribution in [0.1, 0.15) is 20.7 Å². The van der Waals surface area contributed by atoms with Crippen molar-refractivity contribution in [3.8, 4) is 0 Å². The Balaban J connectivity index is 2.13. The molecule has 2 amide bonds. The summed E-state index contributed by atoms with van der Waals surface area (Å²) in [6, 6.07) is 5.62. The zero-order chi connectivity index (χ0) is 15.3. The predicted octanol–water partition coefficient (Wildman–Crippen LogP) is 3.00. The van der Waals surface area contributed by atoms with Gasteiger partial charge in [-0.1, -0.05) is 11.6 Å². The third-order valence-electron chi connectivity index (χ3n) is 3.17. The molecule has 2 N–H and O–H groups in total. The average Bonchev–Trinajstić information content (AvgIpc) is 2.66. The zero-order valence-electron chi connectivity index (χ0n) is 10.4. The maximum atomic E-state index is 13.2. The molecule has 4 nitrogen and oxygen atoms in total. The quantitative estimate of drug-likeness (QED) is 0.650. The molecule has 1 heterocycles. The van der Waals surface area contributed by atoms with Gasteiger partial charge < -0.3 is 5.73 Å². The number of nitrogen functional groups attached to an aromatic ring is 1. The number of carbonyl (C=O) groups excluding carboxylic acids is 2. The van der Waals surface area contributed by atoms with E-state index in [4.69, 9.17) is 17.3 Å². The van der Waals surface area contributed by atoms with Gasteiger partial charge >= 0.3 is 0 Å². The van der Waals surface area contributed by atoms with Crippen LogP contribution in [0.25, 0.3) is 0 Å². The van der Waals surface area contributed by atoms with Crippen molar-refractivity contribution in [2.45, 2.75) is 0 Å². The van der Waals surface area contributed by atoms with Crippen molar-refractivity contribution in [3.63, 3.8) is 0 Å². The number of imide groups is 1. The van der Waals surface area contributed by atoms with Gasteiger partial charge in [-0.3, -0.25) is 9.59 Å². The van der Waals surface area contributed by atoms with Crippen LogP contribution in [0, 0.1) is 11.6 Å². The van der Waals surface area contributed by atoms with Gasteiger partial charge in [-0.05, 0) is 30.3 Å². The number of halogens is 3. The van der Waals surface area contributed by atoms with Crippen LogP contribution in [0.15, 0.2) is 30.3 Å². The fourth-order valence-corrected chi connectivity index (χ4v) is 2.26. The second-order valence-electron chi connectivity index (χ2n) is 4.46. The van der Waals surface area contributed by atoms with Crippen molar-refractivity contribution in [3.05, 3.63) is 58.1 Å². The molecule has 0 atom stereocenters. The van der Waals surface area contributed by atoms with E-state index in [1.807, 2.05) is 0 Å². The van der Waals surface area contributed by atoms with Crippen LogP contribution in [0.5, 0.6) is 0 Å². The SMILES string of the molecule is Nc1cc(N2C(=O)c3cc(F)c(F)cc3C2=O)ccc1Cl. The van der Waals surface area contributed by atoms with Crippen molar-refractivity contribution < 1.29 is 18.4 Å². The van der Waals surface area contributed by atoms with Crippen molar-refractivity contribution in [1.82, 2.24) is 0 Å². The van der Waals surface area contributed by atoms with Gasteiger partial charge in [-0.2, -0.15) is 0 Å². The van der Waals surface area contributed by atoms with Crippen LogP contribution in [0.4, 0.5) is 20.2 Å². The number of nitrogens with two attached hydrogens (primary N) is 1. The topological polar surface area (TPSA) is 63.4 Å². The molecule has 2 aromatic rings. The summed E-state index contributed by atoms with van der Waals surface area (Å²) in [6.07, 6.45) is 0. The number of anilines is 2. The lowest BCUT2D eigenvalue weighted by atomic mass is 10.1. The third-order valence-corrected chi connectivity index (χ3v) is 3.51. The molecule has 1 aliphatic heterocycles. The van der Waals surface area contributed by atoms with E-state index in [-0.39, 0.29) is 27.5 Å². The molecule has 1 aliphatic rings. The number of amides is 2. The molecule has 0 bridgehead atoms. The third kappa shape index (κ3) is 1.95.